The van der Waals surface area contributed by atoms with Crippen molar-refractivity contribution in [1.29, 1.82) is 0 Å². The van der Waals surface area contributed by atoms with Gasteiger partial charge in [-0.3, -0.25) is 4.79 Å². The van der Waals surface area contributed by atoms with Crippen molar-refractivity contribution < 1.29 is 22.7 Å². The SMILES string of the molecule is O=C1CC(S(=O)(=O)Cl)CN1Cc1ccc2c(c1)OCCO2. The molecule has 1 unspecified atom stereocenters. The molecule has 2 aliphatic heterocycles. The second-order valence-corrected chi connectivity index (χ2v) is 7.96. The Kier molecular flexibility index (Phi) is 3.71. The summed E-state index contributed by atoms with van der Waals surface area (Å²) in [4.78, 5) is 13.4. The van der Waals surface area contributed by atoms with E-state index in [9.17, 15) is 13.2 Å². The Labute approximate surface area is 127 Å². The molecule has 1 fully saturated rings. The molecule has 0 spiro atoms. The van der Waals surface area contributed by atoms with Gasteiger partial charge in [0.05, 0.1) is 0 Å². The van der Waals surface area contributed by atoms with Crippen LogP contribution in [0.1, 0.15) is 12.0 Å². The second-order valence-electron chi connectivity index (χ2n) is 5.05. The zero-order valence-corrected chi connectivity index (χ0v) is 12.7. The highest BCUT2D eigenvalue weighted by atomic mass is 35.7. The highest BCUT2D eigenvalue weighted by Crippen LogP contribution is 2.32. The van der Waals surface area contributed by atoms with Crippen molar-refractivity contribution in [3.8, 4) is 11.5 Å². The molecular weight excluding hydrogens is 318 g/mol. The number of amides is 1. The van der Waals surface area contributed by atoms with E-state index in [0.29, 0.717) is 31.3 Å². The monoisotopic (exact) mass is 331 g/mol. The summed E-state index contributed by atoms with van der Waals surface area (Å²) in [5.74, 6) is 1.12. The molecule has 1 amide bonds. The number of likely N-dealkylation sites (tertiary alicyclic amines) is 1. The molecule has 8 heteroatoms. The third kappa shape index (κ3) is 3.08. The highest BCUT2D eigenvalue weighted by molar-refractivity contribution is 8.14. The van der Waals surface area contributed by atoms with Crippen LogP contribution in [-0.2, 0) is 20.4 Å². The number of carbonyl (C=O) groups excluding carboxylic acids is 1. The molecule has 0 aromatic heterocycles. The third-order valence-corrected chi connectivity index (χ3v) is 5.43. The molecule has 0 saturated carbocycles. The largest absolute Gasteiger partial charge is 0.486 e. The summed E-state index contributed by atoms with van der Waals surface area (Å²) < 4.78 is 33.6. The van der Waals surface area contributed by atoms with E-state index < -0.39 is 14.3 Å². The summed E-state index contributed by atoms with van der Waals surface area (Å²) in [6, 6.07) is 5.44. The van der Waals surface area contributed by atoms with E-state index in [4.69, 9.17) is 20.2 Å². The third-order valence-electron chi connectivity index (χ3n) is 3.56. The van der Waals surface area contributed by atoms with E-state index in [1.165, 1.54) is 4.90 Å². The Morgan fingerprint density at radius 3 is 2.62 bits per heavy atom. The van der Waals surface area contributed by atoms with Gasteiger partial charge >= 0.3 is 0 Å². The fraction of sp³-hybridized carbons (Fsp3) is 0.462. The Morgan fingerprint density at radius 2 is 1.95 bits per heavy atom. The number of hydrogen-bond donors (Lipinski definition) is 0. The second kappa shape index (κ2) is 5.38. The Bertz CT molecular complexity index is 675. The lowest BCUT2D eigenvalue weighted by molar-refractivity contribution is -0.128. The van der Waals surface area contributed by atoms with Gasteiger partial charge in [0, 0.05) is 30.2 Å². The first kappa shape index (κ1) is 14.5. The van der Waals surface area contributed by atoms with Crippen molar-refractivity contribution in [2.75, 3.05) is 19.8 Å². The van der Waals surface area contributed by atoms with Crippen LogP contribution >= 0.6 is 10.7 Å². The number of halogens is 1. The molecule has 3 rings (SSSR count). The quantitative estimate of drug-likeness (QED) is 0.776. The lowest BCUT2D eigenvalue weighted by atomic mass is 10.2. The van der Waals surface area contributed by atoms with Crippen LogP contribution in [0.2, 0.25) is 0 Å². The first-order chi connectivity index (χ1) is 9.93. The minimum atomic E-state index is -3.71. The van der Waals surface area contributed by atoms with Crippen LogP contribution in [0, 0.1) is 0 Å². The molecule has 2 heterocycles. The Balaban J connectivity index is 1.74. The van der Waals surface area contributed by atoms with E-state index in [1.807, 2.05) is 12.1 Å². The van der Waals surface area contributed by atoms with E-state index in [0.717, 1.165) is 5.56 Å². The van der Waals surface area contributed by atoms with Crippen molar-refractivity contribution >= 4 is 25.6 Å². The molecule has 0 radical (unpaired) electrons. The summed E-state index contributed by atoms with van der Waals surface area (Å²) in [6.07, 6.45) is -0.0591. The van der Waals surface area contributed by atoms with Gasteiger partial charge in [-0.15, -0.1) is 0 Å². The van der Waals surface area contributed by atoms with Crippen LogP contribution < -0.4 is 9.47 Å². The maximum atomic E-state index is 11.9. The van der Waals surface area contributed by atoms with E-state index in [2.05, 4.69) is 0 Å². The molecule has 21 heavy (non-hydrogen) atoms. The smallest absolute Gasteiger partial charge is 0.237 e. The fourth-order valence-electron chi connectivity index (χ4n) is 2.48. The lowest BCUT2D eigenvalue weighted by Crippen LogP contribution is -2.26. The van der Waals surface area contributed by atoms with Crippen molar-refractivity contribution in [3.05, 3.63) is 23.8 Å². The van der Waals surface area contributed by atoms with Crippen molar-refractivity contribution in [3.63, 3.8) is 0 Å². The zero-order valence-electron chi connectivity index (χ0n) is 11.1. The topological polar surface area (TPSA) is 72.9 Å². The number of hydrogen-bond acceptors (Lipinski definition) is 5. The number of nitrogens with zero attached hydrogens (tertiary/aromatic N) is 1. The molecule has 2 aliphatic rings. The first-order valence-corrected chi connectivity index (χ1v) is 8.90. The van der Waals surface area contributed by atoms with Gasteiger partial charge in [0.25, 0.3) is 0 Å². The number of rotatable bonds is 3. The van der Waals surface area contributed by atoms with E-state index >= 15 is 0 Å². The van der Waals surface area contributed by atoms with Crippen LogP contribution in [0.5, 0.6) is 11.5 Å². The normalized spacial score (nSPS) is 21.7. The Hall–Kier alpha value is -1.47. The summed E-state index contributed by atoms with van der Waals surface area (Å²) in [6.45, 7) is 1.47. The molecule has 1 aromatic rings. The molecule has 1 saturated heterocycles. The van der Waals surface area contributed by atoms with Gasteiger partial charge in [0.1, 0.15) is 18.5 Å². The molecule has 0 N–H and O–H groups in total. The average Bonchev–Trinajstić information content (AvgIpc) is 2.80. The minimum absolute atomic E-state index is 0.0591. The van der Waals surface area contributed by atoms with Crippen molar-refractivity contribution in [2.45, 2.75) is 18.2 Å². The van der Waals surface area contributed by atoms with Gasteiger partial charge < -0.3 is 14.4 Å². The van der Waals surface area contributed by atoms with Crippen LogP contribution in [0.4, 0.5) is 0 Å². The number of carbonyl (C=O) groups is 1. The average molecular weight is 332 g/mol. The molecule has 114 valence electrons. The van der Waals surface area contributed by atoms with Gasteiger partial charge in [-0.25, -0.2) is 8.42 Å². The van der Waals surface area contributed by atoms with Crippen molar-refractivity contribution in [1.82, 2.24) is 4.90 Å². The van der Waals surface area contributed by atoms with Gasteiger partial charge in [0.2, 0.25) is 15.0 Å². The maximum Gasteiger partial charge on any atom is 0.237 e. The summed E-state index contributed by atoms with van der Waals surface area (Å²) in [7, 11) is 1.61. The van der Waals surface area contributed by atoms with Crippen molar-refractivity contribution in [2.24, 2.45) is 0 Å². The number of ether oxygens (including phenoxy) is 2. The number of benzene rings is 1. The number of fused-ring (bicyclic) bond motifs is 1. The lowest BCUT2D eigenvalue weighted by Gasteiger charge is -2.21. The summed E-state index contributed by atoms with van der Waals surface area (Å²) in [5, 5.41) is -0.830. The molecule has 0 aliphatic carbocycles. The fourth-order valence-corrected chi connectivity index (χ4v) is 3.54. The molecule has 1 atom stereocenters. The van der Waals surface area contributed by atoms with Gasteiger partial charge in [-0.2, -0.15) is 0 Å². The van der Waals surface area contributed by atoms with Crippen LogP contribution in [0.15, 0.2) is 18.2 Å². The van der Waals surface area contributed by atoms with Gasteiger partial charge in [-0.05, 0) is 17.7 Å². The molecule has 1 aromatic carbocycles. The predicted octanol–water partition coefficient (Wildman–Crippen LogP) is 1.13. The van der Waals surface area contributed by atoms with Crippen LogP contribution in [0.25, 0.3) is 0 Å². The summed E-state index contributed by atoms with van der Waals surface area (Å²) >= 11 is 0. The van der Waals surface area contributed by atoms with Crippen LogP contribution in [0.3, 0.4) is 0 Å². The van der Waals surface area contributed by atoms with Gasteiger partial charge in [0.15, 0.2) is 11.5 Å². The molecule has 0 bridgehead atoms. The zero-order chi connectivity index (χ0) is 15.0. The van der Waals surface area contributed by atoms with E-state index in [1.54, 1.807) is 6.07 Å². The molecule has 6 nitrogen and oxygen atoms in total. The minimum Gasteiger partial charge on any atom is -0.486 e. The molecular formula is C13H14ClNO5S. The predicted molar refractivity (Wildman–Crippen MR) is 76.0 cm³/mol. The van der Waals surface area contributed by atoms with Crippen LogP contribution in [-0.4, -0.2) is 44.2 Å². The first-order valence-electron chi connectivity index (χ1n) is 6.53. The van der Waals surface area contributed by atoms with E-state index in [-0.39, 0.29) is 18.9 Å². The standard InChI is InChI=1S/C13H14ClNO5S/c14-21(17,18)10-6-13(16)15(8-10)7-9-1-2-11-12(5-9)20-4-3-19-11/h1-2,5,10H,3-4,6-8H2. The maximum absolute atomic E-state index is 11.9. The highest BCUT2D eigenvalue weighted by Gasteiger charge is 2.37. The summed E-state index contributed by atoms with van der Waals surface area (Å²) in [5.41, 5.74) is 0.861. The Morgan fingerprint density at radius 1 is 1.24 bits per heavy atom. The van der Waals surface area contributed by atoms with Gasteiger partial charge in [-0.1, -0.05) is 6.07 Å².